The molecule has 24 heavy (non-hydrogen) atoms. The lowest BCUT2D eigenvalue weighted by Crippen LogP contribution is -2.53. The molecule has 0 aliphatic carbocycles. The predicted octanol–water partition coefficient (Wildman–Crippen LogP) is 0.805. The molecule has 1 aromatic rings. The SMILES string of the molecule is COCc1ccc(C(=O)N2CCCC2C(=O)N2CCN(C)CC2)o1. The summed E-state index contributed by atoms with van der Waals surface area (Å²) in [4.78, 5) is 31.3. The average molecular weight is 335 g/mol. The monoisotopic (exact) mass is 335 g/mol. The Labute approximate surface area is 142 Å². The third kappa shape index (κ3) is 3.47. The van der Waals surface area contributed by atoms with Crippen molar-refractivity contribution in [2.24, 2.45) is 0 Å². The summed E-state index contributed by atoms with van der Waals surface area (Å²) in [5, 5.41) is 0. The van der Waals surface area contributed by atoms with Crippen LogP contribution in [0.2, 0.25) is 0 Å². The number of rotatable bonds is 4. The van der Waals surface area contributed by atoms with Crippen molar-refractivity contribution in [1.82, 2.24) is 14.7 Å². The van der Waals surface area contributed by atoms with Crippen LogP contribution in [-0.4, -0.2) is 79.4 Å². The number of nitrogens with zero attached hydrogens (tertiary/aromatic N) is 3. The topological polar surface area (TPSA) is 66.2 Å². The first-order chi connectivity index (χ1) is 11.6. The van der Waals surface area contributed by atoms with Crippen LogP contribution >= 0.6 is 0 Å². The molecule has 7 heteroatoms. The molecule has 0 saturated carbocycles. The van der Waals surface area contributed by atoms with Crippen molar-refractivity contribution in [3.63, 3.8) is 0 Å². The highest BCUT2D eigenvalue weighted by atomic mass is 16.5. The van der Waals surface area contributed by atoms with Crippen molar-refractivity contribution >= 4 is 11.8 Å². The lowest BCUT2D eigenvalue weighted by molar-refractivity contribution is -0.136. The number of carbonyl (C=O) groups excluding carboxylic acids is 2. The first-order valence-corrected chi connectivity index (χ1v) is 8.46. The lowest BCUT2D eigenvalue weighted by Gasteiger charge is -2.35. The maximum absolute atomic E-state index is 12.8. The molecule has 3 rings (SSSR count). The highest BCUT2D eigenvalue weighted by Crippen LogP contribution is 2.23. The quantitative estimate of drug-likeness (QED) is 0.814. The number of piperazine rings is 1. The molecule has 7 nitrogen and oxygen atoms in total. The molecular weight excluding hydrogens is 310 g/mol. The predicted molar refractivity (Wildman–Crippen MR) is 87.6 cm³/mol. The van der Waals surface area contributed by atoms with Gasteiger partial charge in [-0.1, -0.05) is 0 Å². The molecule has 0 aromatic carbocycles. The first-order valence-electron chi connectivity index (χ1n) is 8.46. The summed E-state index contributed by atoms with van der Waals surface area (Å²) in [6, 6.07) is 3.04. The van der Waals surface area contributed by atoms with E-state index in [9.17, 15) is 9.59 Å². The van der Waals surface area contributed by atoms with E-state index in [0.717, 1.165) is 39.0 Å². The number of ether oxygens (including phenoxy) is 1. The number of likely N-dealkylation sites (N-methyl/N-ethyl adjacent to an activating group) is 1. The number of likely N-dealkylation sites (tertiary alicyclic amines) is 1. The zero-order valence-electron chi connectivity index (χ0n) is 14.4. The maximum Gasteiger partial charge on any atom is 0.290 e. The zero-order valence-corrected chi connectivity index (χ0v) is 14.4. The lowest BCUT2D eigenvalue weighted by atomic mass is 10.1. The van der Waals surface area contributed by atoms with E-state index in [1.54, 1.807) is 24.1 Å². The third-order valence-electron chi connectivity index (χ3n) is 4.77. The molecule has 2 fully saturated rings. The Kier molecular flexibility index (Phi) is 5.20. The van der Waals surface area contributed by atoms with Crippen molar-refractivity contribution in [3.8, 4) is 0 Å². The van der Waals surface area contributed by atoms with Crippen molar-refractivity contribution < 1.29 is 18.7 Å². The smallest absolute Gasteiger partial charge is 0.290 e. The van der Waals surface area contributed by atoms with Crippen LogP contribution in [0.1, 0.15) is 29.2 Å². The second-order valence-corrected chi connectivity index (χ2v) is 6.48. The maximum atomic E-state index is 12.8. The number of hydrogen-bond acceptors (Lipinski definition) is 5. The Balaban J connectivity index is 1.67. The van der Waals surface area contributed by atoms with Crippen LogP contribution in [0.4, 0.5) is 0 Å². The van der Waals surface area contributed by atoms with E-state index >= 15 is 0 Å². The van der Waals surface area contributed by atoms with Crippen LogP contribution in [0.3, 0.4) is 0 Å². The number of carbonyl (C=O) groups is 2. The summed E-state index contributed by atoms with van der Waals surface area (Å²) < 4.78 is 10.5. The molecule has 0 radical (unpaired) electrons. The number of hydrogen-bond donors (Lipinski definition) is 0. The zero-order chi connectivity index (χ0) is 17.1. The van der Waals surface area contributed by atoms with Gasteiger partial charge in [-0.2, -0.15) is 0 Å². The van der Waals surface area contributed by atoms with E-state index < -0.39 is 0 Å². The summed E-state index contributed by atoms with van der Waals surface area (Å²) in [5.41, 5.74) is 0. The van der Waals surface area contributed by atoms with Gasteiger partial charge in [0.05, 0.1) is 0 Å². The molecule has 132 valence electrons. The number of amides is 2. The molecule has 2 saturated heterocycles. The summed E-state index contributed by atoms with van der Waals surface area (Å²) in [6.45, 7) is 4.15. The molecule has 0 N–H and O–H groups in total. The van der Waals surface area contributed by atoms with E-state index in [4.69, 9.17) is 9.15 Å². The normalized spacial score (nSPS) is 22.2. The minimum atomic E-state index is -0.364. The van der Waals surface area contributed by atoms with Crippen LogP contribution < -0.4 is 0 Å². The van der Waals surface area contributed by atoms with Crippen LogP contribution in [0.15, 0.2) is 16.5 Å². The molecule has 0 spiro atoms. The van der Waals surface area contributed by atoms with Gasteiger partial charge in [0.25, 0.3) is 5.91 Å². The van der Waals surface area contributed by atoms with Gasteiger partial charge in [0.15, 0.2) is 5.76 Å². The Bertz CT molecular complexity index is 592. The Hall–Kier alpha value is -1.86. The molecular formula is C17H25N3O4. The van der Waals surface area contributed by atoms with E-state index in [-0.39, 0.29) is 23.6 Å². The molecule has 2 amide bonds. The second-order valence-electron chi connectivity index (χ2n) is 6.48. The Morgan fingerprint density at radius 3 is 2.67 bits per heavy atom. The van der Waals surface area contributed by atoms with Crippen LogP contribution in [0.5, 0.6) is 0 Å². The molecule has 1 unspecified atom stereocenters. The van der Waals surface area contributed by atoms with Crippen molar-refractivity contribution in [2.45, 2.75) is 25.5 Å². The van der Waals surface area contributed by atoms with Gasteiger partial charge >= 0.3 is 0 Å². The van der Waals surface area contributed by atoms with E-state index in [2.05, 4.69) is 11.9 Å². The number of furan rings is 1. The molecule has 2 aliphatic heterocycles. The minimum Gasteiger partial charge on any atom is -0.453 e. The number of methoxy groups -OCH3 is 1. The summed E-state index contributed by atoms with van der Waals surface area (Å²) in [6.07, 6.45) is 1.57. The fourth-order valence-corrected chi connectivity index (χ4v) is 3.36. The van der Waals surface area contributed by atoms with Crippen molar-refractivity contribution in [3.05, 3.63) is 23.7 Å². The van der Waals surface area contributed by atoms with Gasteiger partial charge in [-0.25, -0.2) is 0 Å². The molecule has 1 aromatic heterocycles. The highest BCUT2D eigenvalue weighted by Gasteiger charge is 2.38. The van der Waals surface area contributed by atoms with Gasteiger partial charge in [-0.15, -0.1) is 0 Å². The fourth-order valence-electron chi connectivity index (χ4n) is 3.36. The van der Waals surface area contributed by atoms with E-state index in [0.29, 0.717) is 18.9 Å². The molecule has 0 bridgehead atoms. The van der Waals surface area contributed by atoms with Gasteiger partial charge in [0, 0.05) is 39.8 Å². The van der Waals surface area contributed by atoms with Gasteiger partial charge in [0.2, 0.25) is 5.91 Å². The molecule has 2 aliphatic rings. The van der Waals surface area contributed by atoms with E-state index in [1.807, 2.05) is 4.90 Å². The van der Waals surface area contributed by atoms with Crippen molar-refractivity contribution in [1.29, 1.82) is 0 Å². The van der Waals surface area contributed by atoms with E-state index in [1.165, 1.54) is 0 Å². The van der Waals surface area contributed by atoms with Crippen LogP contribution in [-0.2, 0) is 16.1 Å². The fraction of sp³-hybridized carbons (Fsp3) is 0.647. The Morgan fingerprint density at radius 2 is 1.96 bits per heavy atom. The highest BCUT2D eigenvalue weighted by molar-refractivity contribution is 5.96. The molecule has 1 atom stereocenters. The van der Waals surface area contributed by atoms with Crippen LogP contribution in [0.25, 0.3) is 0 Å². The van der Waals surface area contributed by atoms with Gasteiger partial charge in [0.1, 0.15) is 18.4 Å². The molecule has 3 heterocycles. The standard InChI is InChI=1S/C17H25N3O4/c1-18-8-10-19(11-9-18)16(21)14-4-3-7-20(14)17(22)15-6-5-13(24-15)12-23-2/h5-6,14H,3-4,7-12H2,1-2H3. The summed E-state index contributed by atoms with van der Waals surface area (Å²) in [7, 11) is 3.64. The van der Waals surface area contributed by atoms with Crippen molar-refractivity contribution in [2.75, 3.05) is 46.9 Å². The third-order valence-corrected chi connectivity index (χ3v) is 4.77. The summed E-state index contributed by atoms with van der Waals surface area (Å²) >= 11 is 0. The van der Waals surface area contributed by atoms with Gasteiger partial charge in [-0.3, -0.25) is 9.59 Å². The summed E-state index contributed by atoms with van der Waals surface area (Å²) in [5.74, 6) is 0.752. The van der Waals surface area contributed by atoms with Gasteiger partial charge in [-0.05, 0) is 32.0 Å². The first kappa shape index (κ1) is 17.0. The largest absolute Gasteiger partial charge is 0.453 e. The van der Waals surface area contributed by atoms with Crippen LogP contribution in [0, 0.1) is 0 Å². The Morgan fingerprint density at radius 1 is 1.21 bits per heavy atom. The second kappa shape index (κ2) is 7.36. The van der Waals surface area contributed by atoms with Gasteiger partial charge < -0.3 is 23.9 Å². The average Bonchev–Trinajstić information content (AvgIpc) is 3.24. The minimum absolute atomic E-state index is 0.0672.